The quantitative estimate of drug-likeness (QED) is 0.691. The molecule has 1 aromatic rings. The van der Waals surface area contributed by atoms with Gasteiger partial charge in [-0.3, -0.25) is 4.79 Å². The summed E-state index contributed by atoms with van der Waals surface area (Å²) >= 11 is 0. The molecule has 0 aromatic heterocycles. The molecule has 0 heterocycles. The van der Waals surface area contributed by atoms with E-state index in [9.17, 15) is 4.79 Å². The van der Waals surface area contributed by atoms with E-state index in [-0.39, 0.29) is 6.61 Å². The second-order valence-electron chi connectivity index (χ2n) is 3.78. The van der Waals surface area contributed by atoms with Crippen molar-refractivity contribution in [3.05, 3.63) is 28.8 Å². The summed E-state index contributed by atoms with van der Waals surface area (Å²) in [6.07, 6.45) is 1.66. The summed E-state index contributed by atoms with van der Waals surface area (Å²) in [6.45, 7) is 4.80. The van der Waals surface area contributed by atoms with Crippen molar-refractivity contribution in [3.8, 4) is 5.75 Å². The molecule has 0 radical (unpaired) electrons. The molecule has 1 rings (SSSR count). The largest absolute Gasteiger partial charge is 0.486 e. The predicted molar refractivity (Wildman–Crippen MR) is 63.1 cm³/mol. The van der Waals surface area contributed by atoms with Gasteiger partial charge in [0, 0.05) is 7.11 Å². The number of ether oxygens (including phenoxy) is 2. The first-order valence-electron chi connectivity index (χ1n) is 5.34. The summed E-state index contributed by atoms with van der Waals surface area (Å²) in [5.74, 6) is 0.813. The summed E-state index contributed by atoms with van der Waals surface area (Å²) in [5.41, 5.74) is 3.36. The lowest BCUT2D eigenvalue weighted by molar-refractivity contribution is -0.109. The van der Waals surface area contributed by atoms with Gasteiger partial charge in [0.15, 0.2) is 6.29 Å². The first kappa shape index (κ1) is 12.7. The third-order valence-corrected chi connectivity index (χ3v) is 2.41. The Balaban J connectivity index is 2.84. The Kier molecular flexibility index (Phi) is 4.99. The minimum absolute atomic E-state index is 0.110. The summed E-state index contributed by atoms with van der Waals surface area (Å²) in [6, 6.07) is 4.15. The van der Waals surface area contributed by atoms with E-state index in [0.717, 1.165) is 29.6 Å². The molecule has 0 aliphatic heterocycles. The Hall–Kier alpha value is -1.35. The molecule has 0 spiro atoms. The lowest BCUT2D eigenvalue weighted by atomic mass is 10.0. The highest BCUT2D eigenvalue weighted by Gasteiger charge is 2.06. The van der Waals surface area contributed by atoms with Crippen LogP contribution in [0.2, 0.25) is 0 Å². The predicted octanol–water partition coefficient (Wildman–Crippen LogP) is 2.07. The third-order valence-electron chi connectivity index (χ3n) is 2.41. The number of hydrogen-bond acceptors (Lipinski definition) is 3. The molecule has 88 valence electrons. The normalized spacial score (nSPS) is 10.2. The average molecular weight is 222 g/mol. The molecule has 0 saturated carbocycles. The van der Waals surface area contributed by atoms with E-state index in [1.807, 2.05) is 13.8 Å². The van der Waals surface area contributed by atoms with Crippen molar-refractivity contribution in [3.63, 3.8) is 0 Å². The average Bonchev–Trinajstić information content (AvgIpc) is 2.25. The molecule has 0 atom stereocenters. The maximum absolute atomic E-state index is 10.3. The number of carbonyl (C=O) groups is 1. The number of aldehydes is 1. The number of rotatable bonds is 6. The molecule has 16 heavy (non-hydrogen) atoms. The minimum Gasteiger partial charge on any atom is -0.486 e. The summed E-state index contributed by atoms with van der Waals surface area (Å²) in [4.78, 5) is 10.3. The van der Waals surface area contributed by atoms with Crippen LogP contribution in [-0.4, -0.2) is 26.6 Å². The Bertz CT molecular complexity index is 335. The zero-order valence-corrected chi connectivity index (χ0v) is 10.1. The van der Waals surface area contributed by atoms with Gasteiger partial charge in [0.2, 0.25) is 0 Å². The number of carbonyl (C=O) groups excluding carboxylic acids is 1. The molecule has 0 saturated heterocycles. The van der Waals surface area contributed by atoms with Gasteiger partial charge in [0.1, 0.15) is 12.4 Å². The molecule has 0 fully saturated rings. The van der Waals surface area contributed by atoms with E-state index in [0.29, 0.717) is 6.61 Å². The van der Waals surface area contributed by atoms with Crippen molar-refractivity contribution < 1.29 is 14.3 Å². The number of methoxy groups -OCH3 is 1. The second kappa shape index (κ2) is 6.28. The van der Waals surface area contributed by atoms with E-state index in [2.05, 4.69) is 12.1 Å². The van der Waals surface area contributed by atoms with Crippen LogP contribution in [0.25, 0.3) is 0 Å². The van der Waals surface area contributed by atoms with E-state index in [1.54, 1.807) is 7.11 Å². The van der Waals surface area contributed by atoms with Gasteiger partial charge in [-0.2, -0.15) is 0 Å². The van der Waals surface area contributed by atoms with E-state index in [4.69, 9.17) is 9.47 Å². The minimum atomic E-state index is 0.110. The fourth-order valence-corrected chi connectivity index (χ4v) is 1.75. The van der Waals surface area contributed by atoms with Crippen molar-refractivity contribution in [1.82, 2.24) is 0 Å². The molecule has 0 aliphatic carbocycles. The molecule has 0 N–H and O–H groups in total. The third kappa shape index (κ3) is 3.35. The van der Waals surface area contributed by atoms with Crippen LogP contribution in [-0.2, 0) is 16.0 Å². The van der Waals surface area contributed by atoms with Crippen LogP contribution >= 0.6 is 0 Å². The lowest BCUT2D eigenvalue weighted by Gasteiger charge is -2.12. The number of aryl methyl sites for hydroxylation is 2. The molecule has 0 bridgehead atoms. The lowest BCUT2D eigenvalue weighted by Crippen LogP contribution is -2.03. The Morgan fingerprint density at radius 3 is 2.38 bits per heavy atom. The molecule has 0 aliphatic rings. The van der Waals surface area contributed by atoms with Crippen molar-refractivity contribution in [2.24, 2.45) is 0 Å². The van der Waals surface area contributed by atoms with Crippen molar-refractivity contribution in [2.75, 3.05) is 20.3 Å². The Morgan fingerprint density at radius 2 is 1.88 bits per heavy atom. The van der Waals surface area contributed by atoms with Crippen LogP contribution in [0.4, 0.5) is 0 Å². The van der Waals surface area contributed by atoms with Gasteiger partial charge in [-0.15, -0.1) is 0 Å². The molecular formula is C13H18O3. The van der Waals surface area contributed by atoms with Crippen molar-refractivity contribution in [2.45, 2.75) is 20.3 Å². The van der Waals surface area contributed by atoms with Crippen molar-refractivity contribution in [1.29, 1.82) is 0 Å². The standard InChI is InChI=1S/C13H18O3/c1-10-8-12(4-6-15-3)9-11(2)13(10)16-7-5-14/h5,8-9H,4,6-7H2,1-3H3. The molecule has 0 amide bonds. The maximum atomic E-state index is 10.3. The van der Waals surface area contributed by atoms with Crippen LogP contribution < -0.4 is 4.74 Å². The zero-order chi connectivity index (χ0) is 12.0. The fourth-order valence-electron chi connectivity index (χ4n) is 1.75. The van der Waals surface area contributed by atoms with Crippen molar-refractivity contribution >= 4 is 6.29 Å². The van der Waals surface area contributed by atoms with Gasteiger partial charge in [0.25, 0.3) is 0 Å². The van der Waals surface area contributed by atoms with Gasteiger partial charge >= 0.3 is 0 Å². The molecule has 3 nitrogen and oxygen atoms in total. The summed E-state index contributed by atoms with van der Waals surface area (Å²) in [7, 11) is 1.70. The SMILES string of the molecule is COCCc1cc(C)c(OCC=O)c(C)c1. The topological polar surface area (TPSA) is 35.5 Å². The first-order valence-corrected chi connectivity index (χ1v) is 5.34. The maximum Gasteiger partial charge on any atom is 0.157 e. The highest BCUT2D eigenvalue weighted by atomic mass is 16.5. The smallest absolute Gasteiger partial charge is 0.157 e. The van der Waals surface area contributed by atoms with Crippen LogP contribution in [0.15, 0.2) is 12.1 Å². The van der Waals surface area contributed by atoms with Crippen LogP contribution in [0.1, 0.15) is 16.7 Å². The zero-order valence-electron chi connectivity index (χ0n) is 10.1. The van der Waals surface area contributed by atoms with Gasteiger partial charge in [-0.1, -0.05) is 12.1 Å². The van der Waals surface area contributed by atoms with Crippen LogP contribution in [0.3, 0.4) is 0 Å². The van der Waals surface area contributed by atoms with Gasteiger partial charge in [-0.05, 0) is 37.0 Å². The molecule has 0 unspecified atom stereocenters. The molecule has 1 aromatic carbocycles. The monoisotopic (exact) mass is 222 g/mol. The molecule has 3 heteroatoms. The van der Waals surface area contributed by atoms with E-state index < -0.39 is 0 Å². The summed E-state index contributed by atoms with van der Waals surface area (Å²) < 4.78 is 10.4. The Morgan fingerprint density at radius 1 is 1.25 bits per heavy atom. The highest BCUT2D eigenvalue weighted by molar-refractivity contribution is 5.52. The van der Waals surface area contributed by atoms with Gasteiger partial charge in [-0.25, -0.2) is 0 Å². The van der Waals surface area contributed by atoms with E-state index in [1.165, 1.54) is 5.56 Å². The number of benzene rings is 1. The fraction of sp³-hybridized carbons (Fsp3) is 0.462. The number of hydrogen-bond donors (Lipinski definition) is 0. The Labute approximate surface area is 96.4 Å². The van der Waals surface area contributed by atoms with E-state index >= 15 is 0 Å². The summed E-state index contributed by atoms with van der Waals surface area (Å²) in [5, 5.41) is 0. The van der Waals surface area contributed by atoms with Crippen LogP contribution in [0, 0.1) is 13.8 Å². The molecular weight excluding hydrogens is 204 g/mol. The highest BCUT2D eigenvalue weighted by Crippen LogP contribution is 2.24. The van der Waals surface area contributed by atoms with Gasteiger partial charge in [0.05, 0.1) is 6.61 Å². The van der Waals surface area contributed by atoms with Crippen LogP contribution in [0.5, 0.6) is 5.75 Å². The first-order chi connectivity index (χ1) is 7.69. The second-order valence-corrected chi connectivity index (χ2v) is 3.78. The van der Waals surface area contributed by atoms with Gasteiger partial charge < -0.3 is 9.47 Å².